The second-order valence-corrected chi connectivity index (χ2v) is 7.33. The molecule has 142 valence electrons. The minimum atomic E-state index is -0.650. The number of aromatic nitrogens is 1. The van der Waals surface area contributed by atoms with Gasteiger partial charge in [-0.25, -0.2) is 0 Å². The van der Waals surface area contributed by atoms with Crippen molar-refractivity contribution in [3.05, 3.63) is 64.9 Å². The van der Waals surface area contributed by atoms with Crippen molar-refractivity contribution in [1.82, 2.24) is 9.88 Å². The summed E-state index contributed by atoms with van der Waals surface area (Å²) in [5.41, 5.74) is 1.79. The van der Waals surface area contributed by atoms with Crippen molar-refractivity contribution in [2.24, 2.45) is 0 Å². The van der Waals surface area contributed by atoms with E-state index in [-0.39, 0.29) is 24.7 Å². The number of rotatable bonds is 7. The van der Waals surface area contributed by atoms with Crippen LogP contribution in [0.5, 0.6) is 0 Å². The first-order chi connectivity index (χ1) is 13.0. The van der Waals surface area contributed by atoms with E-state index in [9.17, 15) is 14.7 Å². The lowest BCUT2D eigenvalue weighted by Gasteiger charge is -2.23. The Morgan fingerprint density at radius 1 is 1.19 bits per heavy atom. The average molecular weight is 387 g/mol. The van der Waals surface area contributed by atoms with Gasteiger partial charge in [0.1, 0.15) is 0 Å². The number of ketones is 1. The molecule has 0 saturated carbocycles. The van der Waals surface area contributed by atoms with E-state index in [1.54, 1.807) is 18.3 Å². The summed E-state index contributed by atoms with van der Waals surface area (Å²) in [6, 6.07) is 12.4. The Labute approximate surface area is 164 Å². The van der Waals surface area contributed by atoms with E-state index in [1.165, 1.54) is 4.90 Å². The van der Waals surface area contributed by atoms with Gasteiger partial charge in [-0.1, -0.05) is 29.8 Å². The Morgan fingerprint density at radius 2 is 1.96 bits per heavy atom. The number of carbonyl (C=O) groups is 2. The summed E-state index contributed by atoms with van der Waals surface area (Å²) < 4.78 is 0. The summed E-state index contributed by atoms with van der Waals surface area (Å²) in [4.78, 5) is 31.0. The minimum Gasteiger partial charge on any atom is -0.391 e. The van der Waals surface area contributed by atoms with Gasteiger partial charge in [-0.05, 0) is 42.7 Å². The molecule has 1 aliphatic heterocycles. The normalized spacial score (nSPS) is 19.3. The van der Waals surface area contributed by atoms with E-state index in [0.29, 0.717) is 30.0 Å². The molecule has 0 radical (unpaired) electrons. The highest BCUT2D eigenvalue weighted by atomic mass is 35.5. The molecule has 1 fully saturated rings. The Bertz CT molecular complexity index is 780. The molecule has 1 aliphatic rings. The maximum atomic E-state index is 12.7. The molecule has 1 saturated heterocycles. The molecule has 1 aromatic heterocycles. The van der Waals surface area contributed by atoms with Gasteiger partial charge in [-0.3, -0.25) is 14.6 Å². The highest BCUT2D eigenvalue weighted by molar-refractivity contribution is 6.30. The summed E-state index contributed by atoms with van der Waals surface area (Å²) in [6.45, 7) is 0.208. The monoisotopic (exact) mass is 386 g/mol. The first kappa shape index (κ1) is 19.5. The number of carbonyl (C=O) groups excluding carboxylic acids is 2. The molecular formula is C21H23ClN2O3. The number of halogens is 1. The summed E-state index contributed by atoms with van der Waals surface area (Å²) >= 11 is 5.88. The Morgan fingerprint density at radius 3 is 2.67 bits per heavy atom. The van der Waals surface area contributed by atoms with Crippen LogP contribution in [-0.2, 0) is 22.4 Å². The van der Waals surface area contributed by atoms with Crippen LogP contribution in [0.4, 0.5) is 0 Å². The van der Waals surface area contributed by atoms with Gasteiger partial charge >= 0.3 is 0 Å². The molecule has 1 N–H and O–H groups in total. The topological polar surface area (TPSA) is 70.5 Å². The number of amides is 1. The standard InChI is InChI=1S/C21H23ClN2O3/c22-16-9-7-15(8-10-16)4-3-6-20(26)19-13-18(25)14-24(19)21(27)12-17-5-1-2-11-23-17/h1-2,5,7-11,18-19,25H,3-4,6,12-14H2/t18-,19+/m1/s1. The number of pyridine rings is 1. The molecular weight excluding hydrogens is 364 g/mol. The minimum absolute atomic E-state index is 0.00915. The largest absolute Gasteiger partial charge is 0.391 e. The van der Waals surface area contributed by atoms with E-state index >= 15 is 0 Å². The SMILES string of the molecule is O=C(CCCc1ccc(Cl)cc1)[C@@H]1C[C@@H](O)CN1C(=O)Cc1ccccn1. The fourth-order valence-electron chi connectivity index (χ4n) is 3.44. The van der Waals surface area contributed by atoms with Crippen LogP contribution in [0.15, 0.2) is 48.7 Å². The lowest BCUT2D eigenvalue weighted by atomic mass is 10.0. The van der Waals surface area contributed by atoms with Crippen LogP contribution in [0, 0.1) is 0 Å². The first-order valence-corrected chi connectivity index (χ1v) is 9.55. The second kappa shape index (κ2) is 9.11. The van der Waals surface area contributed by atoms with E-state index in [0.717, 1.165) is 12.0 Å². The maximum absolute atomic E-state index is 12.7. The van der Waals surface area contributed by atoms with Gasteiger partial charge in [-0.2, -0.15) is 0 Å². The summed E-state index contributed by atoms with van der Waals surface area (Å²) in [6.07, 6.45) is 3.31. The summed E-state index contributed by atoms with van der Waals surface area (Å²) in [7, 11) is 0. The maximum Gasteiger partial charge on any atom is 0.229 e. The van der Waals surface area contributed by atoms with Crippen molar-refractivity contribution in [2.45, 2.75) is 44.2 Å². The van der Waals surface area contributed by atoms with Crippen molar-refractivity contribution in [3.8, 4) is 0 Å². The lowest BCUT2D eigenvalue weighted by molar-refractivity contribution is -0.137. The number of likely N-dealkylation sites (tertiary alicyclic amines) is 1. The number of aliphatic hydroxyl groups is 1. The lowest BCUT2D eigenvalue weighted by Crippen LogP contribution is -2.41. The Hall–Kier alpha value is -2.24. The highest BCUT2D eigenvalue weighted by Crippen LogP contribution is 2.22. The third kappa shape index (κ3) is 5.37. The molecule has 0 aliphatic carbocycles. The molecule has 0 spiro atoms. The smallest absolute Gasteiger partial charge is 0.229 e. The second-order valence-electron chi connectivity index (χ2n) is 6.90. The van der Waals surface area contributed by atoms with Gasteiger partial charge < -0.3 is 10.0 Å². The summed E-state index contributed by atoms with van der Waals surface area (Å²) in [5, 5.41) is 10.7. The molecule has 0 unspecified atom stereocenters. The molecule has 6 heteroatoms. The van der Waals surface area contributed by atoms with Crippen molar-refractivity contribution in [2.75, 3.05) is 6.54 Å². The van der Waals surface area contributed by atoms with Crippen LogP contribution in [0.1, 0.15) is 30.5 Å². The third-order valence-corrected chi connectivity index (χ3v) is 5.08. The first-order valence-electron chi connectivity index (χ1n) is 9.17. The zero-order valence-corrected chi connectivity index (χ0v) is 15.8. The molecule has 1 amide bonds. The van der Waals surface area contributed by atoms with Gasteiger partial charge in [0.25, 0.3) is 0 Å². The molecule has 0 bridgehead atoms. The van der Waals surface area contributed by atoms with Crippen LogP contribution < -0.4 is 0 Å². The molecule has 2 atom stereocenters. The zero-order valence-electron chi connectivity index (χ0n) is 15.1. The Kier molecular flexibility index (Phi) is 6.58. The van der Waals surface area contributed by atoms with Crippen LogP contribution in [0.25, 0.3) is 0 Å². The molecule has 2 heterocycles. The molecule has 5 nitrogen and oxygen atoms in total. The van der Waals surface area contributed by atoms with Crippen molar-refractivity contribution in [3.63, 3.8) is 0 Å². The average Bonchev–Trinajstić information content (AvgIpc) is 3.06. The fourth-order valence-corrected chi connectivity index (χ4v) is 3.56. The van der Waals surface area contributed by atoms with Crippen LogP contribution in [-0.4, -0.2) is 45.4 Å². The zero-order chi connectivity index (χ0) is 19.2. The predicted molar refractivity (Wildman–Crippen MR) is 103 cm³/mol. The number of aliphatic hydroxyl groups excluding tert-OH is 1. The van der Waals surface area contributed by atoms with Gasteiger partial charge in [0.15, 0.2) is 5.78 Å². The molecule has 27 heavy (non-hydrogen) atoms. The van der Waals surface area contributed by atoms with Crippen LogP contribution >= 0.6 is 11.6 Å². The third-order valence-electron chi connectivity index (χ3n) is 4.83. The van der Waals surface area contributed by atoms with Gasteiger partial charge in [0.2, 0.25) is 5.91 Å². The predicted octanol–water partition coefficient (Wildman–Crippen LogP) is 2.83. The quantitative estimate of drug-likeness (QED) is 0.794. The van der Waals surface area contributed by atoms with Crippen molar-refractivity contribution >= 4 is 23.3 Å². The van der Waals surface area contributed by atoms with Crippen molar-refractivity contribution in [1.29, 1.82) is 0 Å². The van der Waals surface area contributed by atoms with E-state index in [1.807, 2.05) is 30.3 Å². The Balaban J connectivity index is 1.55. The highest BCUT2D eigenvalue weighted by Gasteiger charge is 2.38. The van der Waals surface area contributed by atoms with Crippen molar-refractivity contribution < 1.29 is 14.7 Å². The number of benzene rings is 1. The molecule has 1 aromatic carbocycles. The molecule has 2 aromatic rings. The number of aryl methyl sites for hydroxylation is 1. The fraction of sp³-hybridized carbons (Fsp3) is 0.381. The number of Topliss-reactive ketones (excluding diaryl/α,β-unsaturated/α-hetero) is 1. The van der Waals surface area contributed by atoms with E-state index in [4.69, 9.17) is 11.6 Å². The number of β-amino-alcohol motifs (C(OH)–C–C–N with tert-alkyl or cyclic N) is 1. The number of nitrogens with zero attached hydrogens (tertiary/aromatic N) is 2. The van der Waals surface area contributed by atoms with Crippen LogP contribution in [0.3, 0.4) is 0 Å². The molecule has 3 rings (SSSR count). The van der Waals surface area contributed by atoms with Gasteiger partial charge in [-0.15, -0.1) is 0 Å². The number of hydrogen-bond acceptors (Lipinski definition) is 4. The summed E-state index contributed by atoms with van der Waals surface area (Å²) in [5.74, 6) is -0.156. The van der Waals surface area contributed by atoms with E-state index in [2.05, 4.69) is 4.98 Å². The number of hydrogen-bond donors (Lipinski definition) is 1. The van der Waals surface area contributed by atoms with Gasteiger partial charge in [0, 0.05) is 36.3 Å². The van der Waals surface area contributed by atoms with Crippen LogP contribution in [0.2, 0.25) is 5.02 Å². The van der Waals surface area contributed by atoms with Gasteiger partial charge in [0.05, 0.1) is 18.6 Å². The van der Waals surface area contributed by atoms with E-state index < -0.39 is 12.1 Å².